The Balaban J connectivity index is 2.02. The summed E-state index contributed by atoms with van der Waals surface area (Å²) in [6, 6.07) is 9.17. The number of aryl methyl sites for hydroxylation is 1. The minimum atomic E-state index is 0.323. The number of hydrogen-bond acceptors (Lipinski definition) is 2. The molecule has 0 bridgehead atoms. The number of fused-ring (bicyclic) bond motifs is 1. The van der Waals surface area contributed by atoms with Crippen LogP contribution in [0.3, 0.4) is 0 Å². The van der Waals surface area contributed by atoms with Gasteiger partial charge in [0.1, 0.15) is 0 Å². The molecule has 0 aliphatic heterocycles. The molecular formula is C18H29NO. The van der Waals surface area contributed by atoms with E-state index in [2.05, 4.69) is 50.4 Å². The molecule has 0 saturated heterocycles. The summed E-state index contributed by atoms with van der Waals surface area (Å²) in [5, 5.41) is 3.62. The van der Waals surface area contributed by atoms with Crippen LogP contribution in [-0.4, -0.2) is 19.3 Å². The van der Waals surface area contributed by atoms with Crippen molar-refractivity contribution in [1.82, 2.24) is 5.32 Å². The van der Waals surface area contributed by atoms with E-state index in [0.29, 0.717) is 18.1 Å². The van der Waals surface area contributed by atoms with Gasteiger partial charge in [0, 0.05) is 6.61 Å². The summed E-state index contributed by atoms with van der Waals surface area (Å²) in [5.41, 5.74) is 2.92. The molecule has 1 aromatic rings. The fraction of sp³-hybridized carbons (Fsp3) is 0.667. The Hall–Kier alpha value is -0.860. The first kappa shape index (κ1) is 15.5. The Labute approximate surface area is 123 Å². The molecule has 0 radical (unpaired) electrons. The molecular weight excluding hydrogens is 246 g/mol. The van der Waals surface area contributed by atoms with E-state index in [4.69, 9.17) is 4.74 Å². The average Bonchev–Trinajstić information content (AvgIpc) is 2.47. The van der Waals surface area contributed by atoms with E-state index >= 15 is 0 Å². The van der Waals surface area contributed by atoms with Gasteiger partial charge in [0.25, 0.3) is 0 Å². The lowest BCUT2D eigenvalue weighted by Crippen LogP contribution is -2.38. The van der Waals surface area contributed by atoms with E-state index in [0.717, 1.165) is 26.0 Å². The Morgan fingerprint density at radius 1 is 1.30 bits per heavy atom. The fourth-order valence-corrected chi connectivity index (χ4v) is 3.23. The molecule has 1 aliphatic rings. The monoisotopic (exact) mass is 275 g/mol. The van der Waals surface area contributed by atoms with Crippen LogP contribution >= 0.6 is 0 Å². The number of nitrogens with one attached hydrogen (secondary N) is 1. The van der Waals surface area contributed by atoms with Crippen LogP contribution < -0.4 is 5.32 Å². The van der Waals surface area contributed by atoms with Gasteiger partial charge in [-0.1, -0.05) is 51.5 Å². The second-order valence-corrected chi connectivity index (χ2v) is 6.04. The Morgan fingerprint density at radius 3 is 2.85 bits per heavy atom. The topological polar surface area (TPSA) is 21.3 Å². The van der Waals surface area contributed by atoms with Gasteiger partial charge in [-0.15, -0.1) is 0 Å². The van der Waals surface area contributed by atoms with Gasteiger partial charge in [0.15, 0.2) is 0 Å². The van der Waals surface area contributed by atoms with Crippen molar-refractivity contribution in [2.45, 2.75) is 58.6 Å². The van der Waals surface area contributed by atoms with E-state index in [1.165, 1.54) is 24.0 Å². The molecule has 2 heteroatoms. The summed E-state index contributed by atoms with van der Waals surface area (Å²) >= 11 is 0. The van der Waals surface area contributed by atoms with Crippen LogP contribution in [0.15, 0.2) is 24.3 Å². The van der Waals surface area contributed by atoms with Gasteiger partial charge in [-0.3, -0.25) is 0 Å². The molecule has 0 spiro atoms. The van der Waals surface area contributed by atoms with E-state index in [1.807, 2.05) is 0 Å². The van der Waals surface area contributed by atoms with Crippen molar-refractivity contribution in [2.24, 2.45) is 5.92 Å². The van der Waals surface area contributed by atoms with Gasteiger partial charge in [0.2, 0.25) is 0 Å². The van der Waals surface area contributed by atoms with Crippen molar-refractivity contribution in [3.05, 3.63) is 35.4 Å². The second-order valence-electron chi connectivity index (χ2n) is 6.04. The molecule has 2 rings (SSSR count). The number of benzene rings is 1. The maximum Gasteiger partial charge on any atom is 0.0773 e. The molecule has 1 aliphatic carbocycles. The number of ether oxygens (including phenoxy) is 1. The molecule has 1 N–H and O–H groups in total. The normalized spacial score (nSPS) is 23.4. The van der Waals surface area contributed by atoms with E-state index in [9.17, 15) is 0 Å². The zero-order valence-corrected chi connectivity index (χ0v) is 13.2. The summed E-state index contributed by atoms with van der Waals surface area (Å²) in [7, 11) is 0. The molecule has 0 amide bonds. The second kappa shape index (κ2) is 7.80. The van der Waals surface area contributed by atoms with Gasteiger partial charge in [0.05, 0.1) is 12.1 Å². The van der Waals surface area contributed by atoms with E-state index in [1.54, 1.807) is 0 Å². The van der Waals surface area contributed by atoms with E-state index < -0.39 is 0 Å². The molecule has 0 saturated carbocycles. The highest BCUT2D eigenvalue weighted by Crippen LogP contribution is 2.32. The predicted molar refractivity (Wildman–Crippen MR) is 85.0 cm³/mol. The maximum atomic E-state index is 6.26. The summed E-state index contributed by atoms with van der Waals surface area (Å²) < 4.78 is 6.26. The molecule has 0 fully saturated rings. The third-order valence-corrected chi connectivity index (χ3v) is 4.26. The van der Waals surface area contributed by atoms with Crippen molar-refractivity contribution in [2.75, 3.05) is 13.2 Å². The summed E-state index contributed by atoms with van der Waals surface area (Å²) in [4.78, 5) is 0. The maximum absolute atomic E-state index is 6.26. The highest BCUT2D eigenvalue weighted by atomic mass is 16.5. The molecule has 3 unspecified atom stereocenters. The van der Waals surface area contributed by atoms with Crippen molar-refractivity contribution < 1.29 is 4.74 Å². The zero-order valence-electron chi connectivity index (χ0n) is 13.2. The Bertz CT molecular complexity index is 404. The van der Waals surface area contributed by atoms with Crippen LogP contribution in [0.2, 0.25) is 0 Å². The molecule has 20 heavy (non-hydrogen) atoms. The zero-order chi connectivity index (χ0) is 14.4. The van der Waals surface area contributed by atoms with Crippen LogP contribution in [0, 0.1) is 5.92 Å². The molecule has 112 valence electrons. The summed E-state index contributed by atoms with van der Waals surface area (Å²) in [5.74, 6) is 0.666. The summed E-state index contributed by atoms with van der Waals surface area (Å²) in [6.07, 6.45) is 5.10. The van der Waals surface area contributed by atoms with Gasteiger partial charge in [-0.25, -0.2) is 0 Å². The van der Waals surface area contributed by atoms with Crippen LogP contribution in [0.5, 0.6) is 0 Å². The first-order chi connectivity index (χ1) is 9.76. The molecule has 1 aromatic carbocycles. The lowest BCUT2D eigenvalue weighted by atomic mass is 9.85. The van der Waals surface area contributed by atoms with Gasteiger partial charge in [-0.2, -0.15) is 0 Å². The quantitative estimate of drug-likeness (QED) is 0.808. The third kappa shape index (κ3) is 3.83. The van der Waals surface area contributed by atoms with Crippen LogP contribution in [0.25, 0.3) is 0 Å². The molecule has 0 heterocycles. The number of likely N-dealkylation sites (N-methyl/N-ethyl adjacent to an activating group) is 1. The number of hydrogen-bond donors (Lipinski definition) is 1. The minimum absolute atomic E-state index is 0.323. The fourth-order valence-electron chi connectivity index (χ4n) is 3.23. The molecule has 2 nitrogen and oxygen atoms in total. The van der Waals surface area contributed by atoms with Crippen molar-refractivity contribution in [3.63, 3.8) is 0 Å². The Morgan fingerprint density at radius 2 is 2.10 bits per heavy atom. The first-order valence-electron chi connectivity index (χ1n) is 8.19. The lowest BCUT2D eigenvalue weighted by molar-refractivity contribution is -0.00180. The minimum Gasteiger partial charge on any atom is -0.376 e. The highest BCUT2D eigenvalue weighted by Gasteiger charge is 2.29. The average molecular weight is 275 g/mol. The van der Waals surface area contributed by atoms with E-state index in [-0.39, 0.29) is 0 Å². The Kier molecular flexibility index (Phi) is 6.06. The molecule has 0 aromatic heterocycles. The van der Waals surface area contributed by atoms with Crippen molar-refractivity contribution >= 4 is 0 Å². The van der Waals surface area contributed by atoms with Crippen LogP contribution in [-0.2, 0) is 11.2 Å². The standard InChI is InChI=1S/C18H29NO/c1-4-8-14(3)13-20-17-12-11-15-9-6-7-10-16(15)18(17)19-5-2/h6-7,9-10,14,17-19H,4-5,8,11-13H2,1-3H3. The third-order valence-electron chi connectivity index (χ3n) is 4.26. The van der Waals surface area contributed by atoms with Crippen molar-refractivity contribution in [1.29, 1.82) is 0 Å². The van der Waals surface area contributed by atoms with Gasteiger partial charge >= 0.3 is 0 Å². The van der Waals surface area contributed by atoms with Crippen LogP contribution in [0.1, 0.15) is 57.2 Å². The highest BCUT2D eigenvalue weighted by molar-refractivity contribution is 5.33. The van der Waals surface area contributed by atoms with Gasteiger partial charge < -0.3 is 10.1 Å². The van der Waals surface area contributed by atoms with Gasteiger partial charge in [-0.05, 0) is 42.9 Å². The predicted octanol–water partition coefficient (Wildman–Crippen LogP) is 4.10. The van der Waals surface area contributed by atoms with Crippen LogP contribution in [0.4, 0.5) is 0 Å². The molecule has 3 atom stereocenters. The summed E-state index contributed by atoms with van der Waals surface area (Å²) in [6.45, 7) is 8.59. The largest absolute Gasteiger partial charge is 0.376 e. The SMILES string of the molecule is CCCC(C)COC1CCc2ccccc2C1NCC. The number of rotatable bonds is 7. The smallest absolute Gasteiger partial charge is 0.0773 e. The van der Waals surface area contributed by atoms with Crippen molar-refractivity contribution in [3.8, 4) is 0 Å². The first-order valence-corrected chi connectivity index (χ1v) is 8.19. The lowest BCUT2D eigenvalue weighted by Gasteiger charge is -2.34.